The number of benzene rings is 1. The van der Waals surface area contributed by atoms with Crippen LogP contribution in [0.25, 0.3) is 0 Å². The second-order valence-corrected chi connectivity index (χ2v) is 5.82. The van der Waals surface area contributed by atoms with Crippen molar-refractivity contribution in [2.75, 3.05) is 18.4 Å². The molecular weight excluding hydrogens is 276 g/mol. The molecule has 0 saturated carbocycles. The summed E-state index contributed by atoms with van der Waals surface area (Å²) in [7, 11) is 0. The van der Waals surface area contributed by atoms with Gasteiger partial charge in [-0.1, -0.05) is 24.6 Å². The number of aryl methyl sites for hydroxylation is 1. The van der Waals surface area contributed by atoms with Crippen molar-refractivity contribution in [1.29, 1.82) is 0 Å². The molecule has 116 valence electrons. The lowest BCUT2D eigenvalue weighted by atomic mass is 10.1. The zero-order valence-corrected chi connectivity index (χ0v) is 12.9. The lowest BCUT2D eigenvalue weighted by Gasteiger charge is -2.27. The van der Waals surface area contributed by atoms with E-state index in [2.05, 4.69) is 26.3 Å². The maximum Gasteiger partial charge on any atom is 0.276 e. The average molecular weight is 298 g/mol. The van der Waals surface area contributed by atoms with E-state index in [-0.39, 0.29) is 5.91 Å². The van der Waals surface area contributed by atoms with Crippen molar-refractivity contribution >= 4 is 11.6 Å². The van der Waals surface area contributed by atoms with E-state index >= 15 is 0 Å². The summed E-state index contributed by atoms with van der Waals surface area (Å²) in [6.45, 7) is 5.01. The third-order valence-electron chi connectivity index (χ3n) is 4.15. The van der Waals surface area contributed by atoms with Crippen molar-refractivity contribution in [2.24, 2.45) is 0 Å². The molecule has 0 bridgehead atoms. The van der Waals surface area contributed by atoms with Crippen LogP contribution in [0.1, 0.15) is 41.0 Å². The van der Waals surface area contributed by atoms with Gasteiger partial charge in [-0.25, -0.2) is 4.98 Å². The second-order valence-electron chi connectivity index (χ2n) is 5.82. The monoisotopic (exact) mass is 298 g/mol. The van der Waals surface area contributed by atoms with E-state index in [1.165, 1.54) is 19.3 Å². The van der Waals surface area contributed by atoms with Gasteiger partial charge in [0.05, 0.1) is 6.33 Å². The normalized spacial score (nSPS) is 15.7. The highest BCUT2D eigenvalue weighted by Gasteiger charge is 2.16. The Balaban J connectivity index is 1.73. The average Bonchev–Trinajstić information content (AvgIpc) is 2.96. The van der Waals surface area contributed by atoms with Crippen molar-refractivity contribution in [1.82, 2.24) is 14.9 Å². The predicted octanol–water partition coefficient (Wildman–Crippen LogP) is 2.96. The van der Waals surface area contributed by atoms with Gasteiger partial charge in [-0.15, -0.1) is 0 Å². The fourth-order valence-corrected chi connectivity index (χ4v) is 2.91. The Morgan fingerprint density at radius 1 is 1.27 bits per heavy atom. The number of hydrogen-bond acceptors (Lipinski definition) is 3. The smallest absolute Gasteiger partial charge is 0.276 e. The standard InChI is InChI=1S/C17H22N4O/c1-13-16(19-12-18-13)17(22)20-15-8-4-3-7-14(15)11-21-9-5-2-6-10-21/h3-4,7-8,12H,2,5-6,9-11H2,1H3,(H,18,19)(H,20,22). The lowest BCUT2D eigenvalue weighted by molar-refractivity contribution is 0.102. The first-order valence-corrected chi connectivity index (χ1v) is 7.85. The summed E-state index contributed by atoms with van der Waals surface area (Å²) in [4.78, 5) is 21.8. The van der Waals surface area contributed by atoms with Crippen molar-refractivity contribution in [3.8, 4) is 0 Å². The molecule has 1 aromatic heterocycles. The highest BCUT2D eigenvalue weighted by atomic mass is 16.1. The number of amides is 1. The fourth-order valence-electron chi connectivity index (χ4n) is 2.91. The predicted molar refractivity (Wildman–Crippen MR) is 86.8 cm³/mol. The van der Waals surface area contributed by atoms with Crippen molar-refractivity contribution in [3.05, 3.63) is 47.5 Å². The number of nitrogens with zero attached hydrogens (tertiary/aromatic N) is 2. The minimum atomic E-state index is -0.162. The molecule has 0 spiro atoms. The molecule has 0 aliphatic carbocycles. The van der Waals surface area contributed by atoms with Gasteiger partial charge >= 0.3 is 0 Å². The summed E-state index contributed by atoms with van der Waals surface area (Å²) in [5.74, 6) is -0.162. The van der Waals surface area contributed by atoms with Crippen LogP contribution in [0.4, 0.5) is 5.69 Å². The Morgan fingerprint density at radius 2 is 2.05 bits per heavy atom. The molecule has 22 heavy (non-hydrogen) atoms. The molecule has 1 saturated heterocycles. The van der Waals surface area contributed by atoms with Crippen LogP contribution in [-0.2, 0) is 6.54 Å². The molecule has 2 heterocycles. The molecule has 1 aliphatic rings. The highest BCUT2D eigenvalue weighted by molar-refractivity contribution is 6.04. The number of H-pyrrole nitrogens is 1. The van der Waals surface area contributed by atoms with Crippen LogP contribution in [0.3, 0.4) is 0 Å². The molecule has 1 aliphatic heterocycles. The van der Waals surface area contributed by atoms with Gasteiger partial charge in [-0.2, -0.15) is 0 Å². The van der Waals surface area contributed by atoms with E-state index in [0.29, 0.717) is 5.69 Å². The number of para-hydroxylation sites is 1. The zero-order chi connectivity index (χ0) is 15.4. The molecule has 0 unspecified atom stereocenters. The lowest BCUT2D eigenvalue weighted by Crippen LogP contribution is -2.29. The Hall–Kier alpha value is -2.14. The SMILES string of the molecule is Cc1[nH]cnc1C(=O)Nc1ccccc1CN1CCCCC1. The molecule has 3 rings (SSSR count). The first-order valence-electron chi connectivity index (χ1n) is 7.85. The van der Waals surface area contributed by atoms with Crippen LogP contribution < -0.4 is 5.32 Å². The number of carbonyl (C=O) groups is 1. The topological polar surface area (TPSA) is 61.0 Å². The minimum Gasteiger partial charge on any atom is -0.348 e. The van der Waals surface area contributed by atoms with Crippen LogP contribution in [0.15, 0.2) is 30.6 Å². The van der Waals surface area contributed by atoms with E-state index in [9.17, 15) is 4.79 Å². The van der Waals surface area contributed by atoms with Crippen molar-refractivity contribution < 1.29 is 4.79 Å². The number of hydrogen-bond donors (Lipinski definition) is 2. The van der Waals surface area contributed by atoms with E-state index in [1.807, 2.05) is 25.1 Å². The summed E-state index contributed by atoms with van der Waals surface area (Å²) in [6, 6.07) is 8.02. The molecular formula is C17H22N4O. The van der Waals surface area contributed by atoms with E-state index < -0.39 is 0 Å². The first kappa shape index (κ1) is 14.8. The van der Waals surface area contributed by atoms with Crippen LogP contribution in [-0.4, -0.2) is 33.9 Å². The molecule has 5 nitrogen and oxygen atoms in total. The van der Waals surface area contributed by atoms with Gasteiger partial charge in [-0.3, -0.25) is 9.69 Å². The summed E-state index contributed by atoms with van der Waals surface area (Å²) in [5, 5.41) is 3.00. The highest BCUT2D eigenvalue weighted by Crippen LogP contribution is 2.20. The van der Waals surface area contributed by atoms with Gasteiger partial charge < -0.3 is 10.3 Å². The van der Waals surface area contributed by atoms with Gasteiger partial charge in [0.15, 0.2) is 0 Å². The Labute approximate surface area is 130 Å². The number of imidazole rings is 1. The van der Waals surface area contributed by atoms with Gasteiger partial charge in [-0.05, 0) is 44.5 Å². The molecule has 1 amide bonds. The maximum absolute atomic E-state index is 12.3. The van der Waals surface area contributed by atoms with Gasteiger partial charge in [0, 0.05) is 17.9 Å². The summed E-state index contributed by atoms with van der Waals surface area (Å²) in [5.41, 5.74) is 3.27. The largest absolute Gasteiger partial charge is 0.348 e. The summed E-state index contributed by atoms with van der Waals surface area (Å²) >= 11 is 0. The van der Waals surface area contributed by atoms with E-state index in [0.717, 1.165) is 36.6 Å². The van der Waals surface area contributed by atoms with Crippen molar-refractivity contribution in [3.63, 3.8) is 0 Å². The summed E-state index contributed by atoms with van der Waals surface area (Å²) < 4.78 is 0. The Kier molecular flexibility index (Phi) is 4.53. The molecule has 2 aromatic rings. The van der Waals surface area contributed by atoms with Crippen LogP contribution in [0.5, 0.6) is 0 Å². The third-order valence-corrected chi connectivity index (χ3v) is 4.15. The second kappa shape index (κ2) is 6.75. The summed E-state index contributed by atoms with van der Waals surface area (Å²) in [6.07, 6.45) is 5.40. The number of aromatic nitrogens is 2. The minimum absolute atomic E-state index is 0.162. The number of carbonyl (C=O) groups excluding carboxylic acids is 1. The number of rotatable bonds is 4. The van der Waals surface area contributed by atoms with Gasteiger partial charge in [0.1, 0.15) is 5.69 Å². The molecule has 5 heteroatoms. The van der Waals surface area contributed by atoms with Crippen molar-refractivity contribution in [2.45, 2.75) is 32.7 Å². The van der Waals surface area contributed by atoms with E-state index in [4.69, 9.17) is 0 Å². The third kappa shape index (κ3) is 3.36. The molecule has 0 radical (unpaired) electrons. The van der Waals surface area contributed by atoms with Crippen LogP contribution >= 0.6 is 0 Å². The number of nitrogens with one attached hydrogen (secondary N) is 2. The van der Waals surface area contributed by atoms with Crippen LogP contribution in [0.2, 0.25) is 0 Å². The number of piperidine rings is 1. The number of aromatic amines is 1. The Bertz CT molecular complexity index is 644. The zero-order valence-electron chi connectivity index (χ0n) is 12.9. The van der Waals surface area contributed by atoms with Gasteiger partial charge in [0.2, 0.25) is 0 Å². The number of likely N-dealkylation sites (tertiary alicyclic amines) is 1. The van der Waals surface area contributed by atoms with Crippen LogP contribution in [0, 0.1) is 6.92 Å². The Morgan fingerprint density at radius 3 is 2.77 bits per heavy atom. The van der Waals surface area contributed by atoms with E-state index in [1.54, 1.807) is 6.33 Å². The quantitative estimate of drug-likeness (QED) is 0.912. The fraction of sp³-hybridized carbons (Fsp3) is 0.412. The molecule has 2 N–H and O–H groups in total. The first-order chi connectivity index (χ1) is 10.7. The molecule has 0 atom stereocenters. The number of anilines is 1. The molecule has 1 fully saturated rings. The van der Waals surface area contributed by atoms with Gasteiger partial charge in [0.25, 0.3) is 5.91 Å². The molecule has 1 aromatic carbocycles. The maximum atomic E-state index is 12.3.